The van der Waals surface area contributed by atoms with Crippen LogP contribution in [-0.2, 0) is 0 Å². The molecule has 0 aliphatic carbocycles. The number of nitrogens with two attached hydrogens (primary N) is 1. The summed E-state index contributed by atoms with van der Waals surface area (Å²) in [5.74, 6) is 3.59. The number of rotatable bonds is 5. The van der Waals surface area contributed by atoms with Gasteiger partial charge in [0.25, 0.3) is 0 Å². The minimum Gasteiger partial charge on any atom is -0.295 e. The number of terminal acetylenes is 1. The zero-order valence-corrected chi connectivity index (χ0v) is 7.16. The molecule has 0 saturated carbocycles. The molecule has 0 aromatic heterocycles. The summed E-state index contributed by atoms with van der Waals surface area (Å²) in [6, 6.07) is 0. The molecule has 0 aromatic rings. The first kappa shape index (κ1) is 9.83. The van der Waals surface area contributed by atoms with Crippen LogP contribution in [-0.4, -0.2) is 30.8 Å². The average molecular weight is 158 g/mol. The molecule has 0 atom stereocenters. The van der Waals surface area contributed by atoms with E-state index in [2.05, 4.69) is 10.8 Å². The molecule has 0 aliphatic rings. The molecule has 2 nitrogen and oxygen atoms in total. The summed E-state index contributed by atoms with van der Waals surface area (Å²) in [6.07, 6.45) is 6.22. The molecule has 0 spiro atoms. The van der Waals surface area contributed by atoms with Crippen LogP contribution in [0.25, 0.3) is 0 Å². The molecule has 0 radical (unpaired) electrons. The first-order chi connectivity index (χ1) is 4.81. The lowest BCUT2D eigenvalue weighted by atomic mass is 10.4. The summed E-state index contributed by atoms with van der Waals surface area (Å²) in [6.45, 7) is 1.77. The molecule has 58 valence electrons. The summed E-state index contributed by atoms with van der Waals surface area (Å²) in [4.78, 5) is 2.11. The Hall–Kier alpha value is -0.170. The molecular weight excluding hydrogens is 144 g/mol. The highest BCUT2D eigenvalue weighted by Crippen LogP contribution is 1.92. The van der Waals surface area contributed by atoms with Crippen LogP contribution >= 0.6 is 11.9 Å². The Morgan fingerprint density at radius 1 is 1.70 bits per heavy atom. The molecule has 0 fully saturated rings. The predicted molar refractivity (Wildman–Crippen MR) is 47.6 cm³/mol. The maximum Gasteiger partial charge on any atom is 0.0596 e. The quantitative estimate of drug-likeness (QED) is 0.360. The van der Waals surface area contributed by atoms with Gasteiger partial charge in [0, 0.05) is 5.75 Å². The van der Waals surface area contributed by atoms with Crippen LogP contribution in [0.15, 0.2) is 0 Å². The average Bonchev–Trinajstić information content (AvgIpc) is 1.89. The third kappa shape index (κ3) is 5.96. The van der Waals surface area contributed by atoms with Gasteiger partial charge in [-0.15, -0.1) is 6.42 Å². The second-order valence-corrected chi connectivity index (χ2v) is 2.91. The molecular formula is C7H14N2S. The normalized spacial score (nSPS) is 9.80. The Labute approximate surface area is 67.3 Å². The fraction of sp³-hybridized carbons (Fsp3) is 0.714. The van der Waals surface area contributed by atoms with Gasteiger partial charge in [-0.05, 0) is 20.0 Å². The first-order valence-corrected chi connectivity index (χ1v) is 4.30. The monoisotopic (exact) mass is 158 g/mol. The highest BCUT2D eigenvalue weighted by Gasteiger charge is 1.93. The fourth-order valence-corrected chi connectivity index (χ4v) is 0.948. The summed E-state index contributed by atoms with van der Waals surface area (Å²) in [5, 5.41) is 5.25. The van der Waals surface area contributed by atoms with Crippen molar-refractivity contribution in [1.82, 2.24) is 4.90 Å². The number of hydrogen-bond donors (Lipinski definition) is 1. The number of hydrogen-bond acceptors (Lipinski definition) is 3. The molecule has 0 aliphatic heterocycles. The zero-order valence-electron chi connectivity index (χ0n) is 6.34. The smallest absolute Gasteiger partial charge is 0.0596 e. The lowest BCUT2D eigenvalue weighted by molar-refractivity contribution is 0.377. The third-order valence-corrected chi connectivity index (χ3v) is 1.69. The highest BCUT2D eigenvalue weighted by atomic mass is 32.2. The van der Waals surface area contributed by atoms with Crippen molar-refractivity contribution >= 4 is 11.9 Å². The van der Waals surface area contributed by atoms with Gasteiger partial charge < -0.3 is 0 Å². The van der Waals surface area contributed by atoms with Gasteiger partial charge in [-0.1, -0.05) is 17.9 Å². The minimum atomic E-state index is 0.731. The summed E-state index contributed by atoms with van der Waals surface area (Å²) in [5.41, 5.74) is 0. The van der Waals surface area contributed by atoms with Crippen molar-refractivity contribution in [3.8, 4) is 12.3 Å². The second-order valence-electron chi connectivity index (χ2n) is 2.17. The van der Waals surface area contributed by atoms with Crippen LogP contribution < -0.4 is 5.14 Å². The third-order valence-electron chi connectivity index (χ3n) is 1.16. The highest BCUT2D eigenvalue weighted by molar-refractivity contribution is 7.97. The van der Waals surface area contributed by atoms with Gasteiger partial charge in [0.15, 0.2) is 0 Å². The van der Waals surface area contributed by atoms with Crippen molar-refractivity contribution in [2.75, 3.05) is 25.9 Å². The zero-order chi connectivity index (χ0) is 7.82. The Morgan fingerprint density at radius 3 is 2.90 bits per heavy atom. The van der Waals surface area contributed by atoms with Crippen LogP contribution in [0, 0.1) is 12.3 Å². The summed E-state index contributed by atoms with van der Waals surface area (Å²) >= 11 is 1.38. The van der Waals surface area contributed by atoms with Crippen molar-refractivity contribution in [2.45, 2.75) is 6.42 Å². The molecule has 0 rings (SSSR count). The van der Waals surface area contributed by atoms with E-state index >= 15 is 0 Å². The molecule has 3 heteroatoms. The van der Waals surface area contributed by atoms with E-state index in [0.717, 1.165) is 25.3 Å². The van der Waals surface area contributed by atoms with Crippen molar-refractivity contribution < 1.29 is 0 Å². The van der Waals surface area contributed by atoms with Gasteiger partial charge in [0.1, 0.15) is 0 Å². The Kier molecular flexibility index (Phi) is 6.83. The molecule has 0 aromatic carbocycles. The van der Waals surface area contributed by atoms with E-state index < -0.39 is 0 Å². The Bertz CT molecular complexity index is 109. The van der Waals surface area contributed by atoms with Crippen LogP contribution in [0.5, 0.6) is 0 Å². The standard InChI is InChI=1S/C7H14N2S/c1-3-5-9(2)6-4-7-10-8/h1H,4-8H2,2H3. The molecule has 10 heavy (non-hydrogen) atoms. The second kappa shape index (κ2) is 6.94. The van der Waals surface area contributed by atoms with E-state index in [4.69, 9.17) is 11.6 Å². The Morgan fingerprint density at radius 2 is 2.40 bits per heavy atom. The SMILES string of the molecule is C#CCN(C)CCCSN. The lowest BCUT2D eigenvalue weighted by Crippen LogP contribution is -2.20. The van der Waals surface area contributed by atoms with Gasteiger partial charge in [-0.2, -0.15) is 0 Å². The molecule has 0 amide bonds. The predicted octanol–water partition coefficient (Wildman–Crippen LogP) is 0.548. The largest absolute Gasteiger partial charge is 0.295 e. The maximum atomic E-state index is 5.25. The van der Waals surface area contributed by atoms with Gasteiger partial charge in [-0.25, -0.2) is 0 Å². The molecule has 2 N–H and O–H groups in total. The van der Waals surface area contributed by atoms with Crippen molar-refractivity contribution in [3.63, 3.8) is 0 Å². The Balaban J connectivity index is 3.06. The fourth-order valence-electron chi connectivity index (χ4n) is 0.653. The van der Waals surface area contributed by atoms with Gasteiger partial charge in [0.05, 0.1) is 6.54 Å². The molecule has 0 heterocycles. The summed E-state index contributed by atoms with van der Waals surface area (Å²) in [7, 11) is 2.01. The van der Waals surface area contributed by atoms with E-state index in [9.17, 15) is 0 Å². The minimum absolute atomic E-state index is 0.731. The topological polar surface area (TPSA) is 29.3 Å². The summed E-state index contributed by atoms with van der Waals surface area (Å²) < 4.78 is 0. The van der Waals surface area contributed by atoms with E-state index in [-0.39, 0.29) is 0 Å². The molecule has 0 saturated heterocycles. The van der Waals surface area contributed by atoms with Crippen LogP contribution in [0.1, 0.15) is 6.42 Å². The van der Waals surface area contributed by atoms with E-state index in [1.165, 1.54) is 11.9 Å². The van der Waals surface area contributed by atoms with E-state index in [0.29, 0.717) is 0 Å². The van der Waals surface area contributed by atoms with Crippen LogP contribution in [0.2, 0.25) is 0 Å². The first-order valence-electron chi connectivity index (χ1n) is 3.25. The lowest BCUT2D eigenvalue weighted by Gasteiger charge is -2.11. The van der Waals surface area contributed by atoms with Gasteiger partial charge in [-0.3, -0.25) is 10.0 Å². The van der Waals surface area contributed by atoms with E-state index in [1.54, 1.807) is 0 Å². The number of nitrogens with zero attached hydrogens (tertiary/aromatic N) is 1. The van der Waals surface area contributed by atoms with Crippen molar-refractivity contribution in [2.24, 2.45) is 5.14 Å². The van der Waals surface area contributed by atoms with Crippen molar-refractivity contribution in [3.05, 3.63) is 0 Å². The van der Waals surface area contributed by atoms with Crippen molar-refractivity contribution in [1.29, 1.82) is 0 Å². The van der Waals surface area contributed by atoms with E-state index in [1.807, 2.05) is 7.05 Å². The van der Waals surface area contributed by atoms with Gasteiger partial charge in [0.2, 0.25) is 0 Å². The van der Waals surface area contributed by atoms with Crippen LogP contribution in [0.4, 0.5) is 0 Å². The van der Waals surface area contributed by atoms with Crippen LogP contribution in [0.3, 0.4) is 0 Å². The molecule has 0 unspecified atom stereocenters. The maximum absolute atomic E-state index is 5.25. The van der Waals surface area contributed by atoms with Gasteiger partial charge >= 0.3 is 0 Å². The molecule has 0 bridgehead atoms.